The minimum absolute atomic E-state index is 0.106. The largest absolute Gasteiger partial charge is 0.390 e. The molecule has 0 bridgehead atoms. The fourth-order valence-corrected chi connectivity index (χ4v) is 6.97. The predicted octanol–water partition coefficient (Wildman–Crippen LogP) is 1.62. The number of hydrogen-bond donors (Lipinski definition) is 4. The molecule has 4 aliphatic carbocycles. The minimum atomic E-state index is -1.45. The van der Waals surface area contributed by atoms with Gasteiger partial charge in [-0.05, 0) is 61.7 Å². The van der Waals surface area contributed by atoms with Crippen LogP contribution in [0.2, 0.25) is 0 Å². The van der Waals surface area contributed by atoms with E-state index in [1.165, 1.54) is 5.57 Å². The summed E-state index contributed by atoms with van der Waals surface area (Å²) >= 11 is 0. The maximum atomic E-state index is 11.0. The molecular formula is C21H30O4. The molecule has 4 aliphatic rings. The van der Waals surface area contributed by atoms with Gasteiger partial charge < -0.3 is 20.4 Å². The topological polar surface area (TPSA) is 80.9 Å². The number of rotatable bonds is 0. The van der Waals surface area contributed by atoms with Crippen LogP contribution in [0.1, 0.15) is 52.4 Å². The van der Waals surface area contributed by atoms with Crippen molar-refractivity contribution in [2.45, 2.75) is 76.3 Å². The molecule has 138 valence electrons. The highest BCUT2D eigenvalue weighted by atomic mass is 16.3. The summed E-state index contributed by atoms with van der Waals surface area (Å²) in [5.74, 6) is 3.46. The molecule has 9 atom stereocenters. The fourth-order valence-electron chi connectivity index (χ4n) is 6.97. The summed E-state index contributed by atoms with van der Waals surface area (Å²) < 4.78 is 0. The average Bonchev–Trinajstić information content (AvgIpc) is 2.77. The summed E-state index contributed by atoms with van der Waals surface area (Å²) in [6.07, 6.45) is 10.0. The van der Waals surface area contributed by atoms with Crippen molar-refractivity contribution in [3.05, 3.63) is 11.6 Å². The lowest BCUT2D eigenvalue weighted by atomic mass is 9.47. The molecule has 0 aromatic rings. The van der Waals surface area contributed by atoms with Crippen LogP contribution in [-0.4, -0.2) is 44.3 Å². The molecule has 0 aromatic carbocycles. The molecular weight excluding hydrogens is 316 g/mol. The second kappa shape index (κ2) is 5.33. The van der Waals surface area contributed by atoms with Crippen LogP contribution in [0, 0.1) is 40.9 Å². The first-order chi connectivity index (χ1) is 11.7. The van der Waals surface area contributed by atoms with E-state index in [2.05, 4.69) is 18.9 Å². The van der Waals surface area contributed by atoms with E-state index in [1.807, 2.05) is 6.92 Å². The van der Waals surface area contributed by atoms with Crippen LogP contribution in [0.4, 0.5) is 0 Å². The lowest BCUT2D eigenvalue weighted by Crippen LogP contribution is -2.56. The van der Waals surface area contributed by atoms with Crippen molar-refractivity contribution in [1.29, 1.82) is 0 Å². The van der Waals surface area contributed by atoms with Gasteiger partial charge in [-0.15, -0.1) is 6.42 Å². The van der Waals surface area contributed by atoms with Crippen molar-refractivity contribution in [1.82, 2.24) is 0 Å². The summed E-state index contributed by atoms with van der Waals surface area (Å²) in [6.45, 7) is 4.27. The Morgan fingerprint density at radius 2 is 1.88 bits per heavy atom. The number of terminal acetylenes is 1. The van der Waals surface area contributed by atoms with E-state index in [0.29, 0.717) is 31.1 Å². The van der Waals surface area contributed by atoms with Crippen LogP contribution >= 0.6 is 0 Å². The Morgan fingerprint density at radius 3 is 2.56 bits per heavy atom. The van der Waals surface area contributed by atoms with E-state index >= 15 is 0 Å². The summed E-state index contributed by atoms with van der Waals surface area (Å²) in [6, 6.07) is 0. The van der Waals surface area contributed by atoms with Gasteiger partial charge in [-0.1, -0.05) is 31.4 Å². The van der Waals surface area contributed by atoms with Gasteiger partial charge in [0, 0.05) is 5.41 Å². The standard InChI is InChI=1S/C21H30O4/c1-4-21(25)18(24)10-15-13-6-5-12-9-16(22)17(23)11-19(12,2)14(13)7-8-20(15,21)3/h1,5,13-18,22-25H,6-11H2,2-3H3/t13-,14+,15+,16+,17+,18-,19+,20+,21+/m1/s1. The van der Waals surface area contributed by atoms with Gasteiger partial charge in [0.2, 0.25) is 0 Å². The third-order valence-corrected chi connectivity index (χ3v) is 8.57. The van der Waals surface area contributed by atoms with Crippen LogP contribution in [0.15, 0.2) is 11.6 Å². The van der Waals surface area contributed by atoms with Gasteiger partial charge in [0.25, 0.3) is 0 Å². The van der Waals surface area contributed by atoms with Crippen molar-refractivity contribution in [3.8, 4) is 12.3 Å². The van der Waals surface area contributed by atoms with Gasteiger partial charge >= 0.3 is 0 Å². The Bertz CT molecular complexity index is 651. The van der Waals surface area contributed by atoms with Crippen LogP contribution < -0.4 is 0 Å². The number of fused-ring (bicyclic) bond motifs is 5. The molecule has 4 heteroatoms. The smallest absolute Gasteiger partial charge is 0.156 e. The average molecular weight is 346 g/mol. The molecule has 0 heterocycles. The molecule has 3 saturated carbocycles. The molecule has 0 aliphatic heterocycles. The molecule has 0 unspecified atom stereocenters. The van der Waals surface area contributed by atoms with Crippen molar-refractivity contribution in [2.24, 2.45) is 28.6 Å². The van der Waals surface area contributed by atoms with E-state index in [9.17, 15) is 20.4 Å². The molecule has 0 amide bonds. The first-order valence-corrected chi connectivity index (χ1v) is 9.61. The maximum absolute atomic E-state index is 11.0. The van der Waals surface area contributed by atoms with E-state index < -0.39 is 29.3 Å². The highest BCUT2D eigenvalue weighted by Gasteiger charge is 2.67. The number of aliphatic hydroxyl groups is 4. The predicted molar refractivity (Wildman–Crippen MR) is 94.3 cm³/mol. The van der Waals surface area contributed by atoms with Gasteiger partial charge in [0.05, 0.1) is 18.3 Å². The zero-order valence-corrected chi connectivity index (χ0v) is 15.2. The van der Waals surface area contributed by atoms with Gasteiger partial charge in [-0.25, -0.2) is 0 Å². The molecule has 0 aromatic heterocycles. The monoisotopic (exact) mass is 346 g/mol. The Hall–Kier alpha value is -0.860. The lowest BCUT2D eigenvalue weighted by Gasteiger charge is -2.58. The van der Waals surface area contributed by atoms with Crippen LogP contribution in [0.25, 0.3) is 0 Å². The number of allylic oxidation sites excluding steroid dienone is 1. The summed E-state index contributed by atoms with van der Waals surface area (Å²) in [5, 5.41) is 41.9. The van der Waals surface area contributed by atoms with E-state index in [1.54, 1.807) is 0 Å². The van der Waals surface area contributed by atoms with Crippen molar-refractivity contribution < 1.29 is 20.4 Å². The first kappa shape index (κ1) is 17.5. The molecule has 0 spiro atoms. The SMILES string of the molecule is C#C[C@]1(O)[C@H](O)C[C@H]2[C@@H]3CC=C4C[C@H](O)[C@@H](O)C[C@]4(C)[C@H]3CC[C@@]21C. The molecule has 4 rings (SSSR count). The molecule has 4 nitrogen and oxygen atoms in total. The van der Waals surface area contributed by atoms with Crippen molar-refractivity contribution >= 4 is 0 Å². The normalized spacial score (nSPS) is 57.7. The molecule has 3 fully saturated rings. The molecule has 25 heavy (non-hydrogen) atoms. The summed E-state index contributed by atoms with van der Waals surface area (Å²) in [7, 11) is 0. The third kappa shape index (κ3) is 2.04. The maximum Gasteiger partial charge on any atom is 0.156 e. The van der Waals surface area contributed by atoms with Gasteiger partial charge in [0.15, 0.2) is 5.60 Å². The van der Waals surface area contributed by atoms with E-state index in [4.69, 9.17) is 6.42 Å². The van der Waals surface area contributed by atoms with E-state index in [0.717, 1.165) is 19.3 Å². The quantitative estimate of drug-likeness (QED) is 0.397. The first-order valence-electron chi connectivity index (χ1n) is 9.61. The highest BCUT2D eigenvalue weighted by molar-refractivity contribution is 5.31. The summed E-state index contributed by atoms with van der Waals surface area (Å²) in [4.78, 5) is 0. The third-order valence-electron chi connectivity index (χ3n) is 8.57. The van der Waals surface area contributed by atoms with Crippen LogP contribution in [-0.2, 0) is 0 Å². The van der Waals surface area contributed by atoms with Gasteiger partial charge in [-0.2, -0.15) is 0 Å². The Kier molecular flexibility index (Phi) is 3.74. The highest BCUT2D eigenvalue weighted by Crippen LogP contribution is 2.66. The second-order valence-electron chi connectivity index (χ2n) is 9.42. The van der Waals surface area contributed by atoms with Crippen molar-refractivity contribution in [3.63, 3.8) is 0 Å². The molecule has 0 radical (unpaired) electrons. The van der Waals surface area contributed by atoms with Gasteiger partial charge in [0.1, 0.15) is 0 Å². The number of aliphatic hydroxyl groups excluding tert-OH is 3. The fraction of sp³-hybridized carbons (Fsp3) is 0.810. The number of hydrogen-bond acceptors (Lipinski definition) is 4. The summed E-state index contributed by atoms with van der Waals surface area (Å²) in [5.41, 5.74) is -0.738. The minimum Gasteiger partial charge on any atom is -0.390 e. The Labute approximate surface area is 150 Å². The van der Waals surface area contributed by atoms with Crippen molar-refractivity contribution in [2.75, 3.05) is 0 Å². The van der Waals surface area contributed by atoms with E-state index in [-0.39, 0.29) is 11.3 Å². The lowest BCUT2D eigenvalue weighted by molar-refractivity contribution is -0.125. The van der Waals surface area contributed by atoms with Crippen LogP contribution in [0.5, 0.6) is 0 Å². The Morgan fingerprint density at radius 1 is 1.16 bits per heavy atom. The molecule has 4 N–H and O–H groups in total. The van der Waals surface area contributed by atoms with Gasteiger partial charge in [-0.3, -0.25) is 0 Å². The van der Waals surface area contributed by atoms with Crippen LogP contribution in [0.3, 0.4) is 0 Å². The zero-order chi connectivity index (χ0) is 18.2. The molecule has 0 saturated heterocycles. The Balaban J connectivity index is 1.72. The second-order valence-corrected chi connectivity index (χ2v) is 9.42. The zero-order valence-electron chi connectivity index (χ0n) is 15.2.